The number of phenolic OH excluding ortho intramolecular Hbond substituents is 1. The Balaban J connectivity index is 1.36. The van der Waals surface area contributed by atoms with E-state index >= 15 is 0 Å². The molecule has 0 bridgehead atoms. The summed E-state index contributed by atoms with van der Waals surface area (Å²) < 4.78 is 11.3. The van der Waals surface area contributed by atoms with Crippen molar-refractivity contribution in [3.05, 3.63) is 58.7 Å². The molecule has 4 atom stereocenters. The Morgan fingerprint density at radius 1 is 1.14 bits per heavy atom. The van der Waals surface area contributed by atoms with Gasteiger partial charge in [-0.25, -0.2) is 0 Å². The maximum Gasteiger partial charge on any atom is 0.255 e. The van der Waals surface area contributed by atoms with Crippen LogP contribution in [0.2, 0.25) is 0 Å². The Bertz CT molecular complexity index is 1110. The minimum absolute atomic E-state index is 0.0523. The van der Waals surface area contributed by atoms with Crippen molar-refractivity contribution in [2.75, 3.05) is 26.4 Å². The van der Waals surface area contributed by atoms with E-state index in [4.69, 9.17) is 9.47 Å². The molecule has 200 valence electrons. The first-order valence-corrected chi connectivity index (χ1v) is 13.0. The first kappa shape index (κ1) is 26.9. The first-order chi connectivity index (χ1) is 17.8. The van der Waals surface area contributed by atoms with Crippen LogP contribution in [0.15, 0.2) is 36.4 Å². The Hall–Kier alpha value is -3.14. The van der Waals surface area contributed by atoms with E-state index in [0.717, 1.165) is 24.0 Å². The molecule has 2 aromatic carbocycles. The van der Waals surface area contributed by atoms with Crippen molar-refractivity contribution >= 4 is 11.8 Å². The van der Waals surface area contributed by atoms with Gasteiger partial charge in [0.15, 0.2) is 0 Å². The van der Waals surface area contributed by atoms with Crippen molar-refractivity contribution in [3.63, 3.8) is 0 Å². The van der Waals surface area contributed by atoms with Gasteiger partial charge in [-0.05, 0) is 73.6 Å². The van der Waals surface area contributed by atoms with E-state index in [1.54, 1.807) is 30.3 Å². The van der Waals surface area contributed by atoms with Gasteiger partial charge in [-0.3, -0.25) is 9.59 Å². The summed E-state index contributed by atoms with van der Waals surface area (Å²) in [5, 5.41) is 29.4. The number of aromatic hydroxyl groups is 1. The molecule has 2 heterocycles. The lowest BCUT2D eigenvalue weighted by Crippen LogP contribution is -2.49. The van der Waals surface area contributed by atoms with E-state index in [1.165, 1.54) is 0 Å². The minimum Gasteiger partial charge on any atom is -0.508 e. The standard InChI is InChI=1S/C28H37N3O6/c1-3-37-26-12-19(27(34)31-21-7-4-17(2)15-36-16-21)6-9-23(26)28(35)30-14-25(33)24-11-18-5-8-22(32)10-20(18)13-29-24/h5-6,8-10,12,17,21,24-25,29,32-33H,3-4,7,11,13-16H2,1-2H3,(H,30,35)(H,31,34)/t17?,21?,24-,25+/m0/s1. The Morgan fingerprint density at radius 3 is 2.78 bits per heavy atom. The van der Waals surface area contributed by atoms with Gasteiger partial charge in [0.2, 0.25) is 0 Å². The van der Waals surface area contributed by atoms with Crippen LogP contribution in [0.25, 0.3) is 0 Å². The zero-order valence-electron chi connectivity index (χ0n) is 21.5. The lowest BCUT2D eigenvalue weighted by Gasteiger charge is -2.30. The second-order valence-corrected chi connectivity index (χ2v) is 9.96. The van der Waals surface area contributed by atoms with Crippen LogP contribution in [-0.4, -0.2) is 66.6 Å². The molecule has 1 saturated heterocycles. The van der Waals surface area contributed by atoms with E-state index in [1.807, 2.05) is 13.0 Å². The predicted molar refractivity (Wildman–Crippen MR) is 139 cm³/mol. The number of carbonyl (C=O) groups is 2. The van der Waals surface area contributed by atoms with Crippen molar-refractivity contribution < 1.29 is 29.3 Å². The molecule has 0 aliphatic carbocycles. The largest absolute Gasteiger partial charge is 0.508 e. The van der Waals surface area contributed by atoms with Gasteiger partial charge in [0.05, 0.1) is 30.9 Å². The van der Waals surface area contributed by atoms with Gasteiger partial charge < -0.3 is 35.6 Å². The zero-order valence-corrected chi connectivity index (χ0v) is 21.5. The van der Waals surface area contributed by atoms with Gasteiger partial charge in [-0.2, -0.15) is 0 Å². The lowest BCUT2D eigenvalue weighted by atomic mass is 9.92. The quantitative estimate of drug-likeness (QED) is 0.367. The number of amides is 2. The van der Waals surface area contributed by atoms with E-state index in [2.05, 4.69) is 22.9 Å². The van der Waals surface area contributed by atoms with Gasteiger partial charge in [-0.1, -0.05) is 13.0 Å². The van der Waals surface area contributed by atoms with Crippen LogP contribution in [0.4, 0.5) is 0 Å². The zero-order chi connectivity index (χ0) is 26.4. The summed E-state index contributed by atoms with van der Waals surface area (Å²) in [4.78, 5) is 25.8. The van der Waals surface area contributed by atoms with Gasteiger partial charge in [-0.15, -0.1) is 0 Å². The van der Waals surface area contributed by atoms with E-state index < -0.39 is 6.10 Å². The fourth-order valence-corrected chi connectivity index (χ4v) is 4.81. The average Bonchev–Trinajstić information content (AvgIpc) is 3.10. The van der Waals surface area contributed by atoms with Crippen molar-refractivity contribution in [2.24, 2.45) is 5.92 Å². The van der Waals surface area contributed by atoms with Gasteiger partial charge in [0, 0.05) is 31.3 Å². The summed E-state index contributed by atoms with van der Waals surface area (Å²) in [6, 6.07) is 9.70. The molecule has 2 aromatic rings. The highest BCUT2D eigenvalue weighted by molar-refractivity contribution is 6.00. The number of aliphatic hydroxyl groups excluding tert-OH is 1. The second kappa shape index (κ2) is 12.4. The Morgan fingerprint density at radius 2 is 1.97 bits per heavy atom. The number of fused-ring (bicyclic) bond motifs is 1. The monoisotopic (exact) mass is 511 g/mol. The predicted octanol–water partition coefficient (Wildman–Crippen LogP) is 2.14. The van der Waals surface area contributed by atoms with E-state index in [0.29, 0.717) is 55.6 Å². The number of ether oxygens (including phenoxy) is 2. The summed E-state index contributed by atoms with van der Waals surface area (Å²) in [7, 11) is 0. The number of nitrogens with one attached hydrogen (secondary N) is 3. The van der Waals surface area contributed by atoms with E-state index in [9.17, 15) is 19.8 Å². The molecule has 2 aliphatic heterocycles. The molecular weight excluding hydrogens is 474 g/mol. The van der Waals surface area contributed by atoms with Crippen LogP contribution in [0.3, 0.4) is 0 Å². The van der Waals surface area contributed by atoms with E-state index in [-0.39, 0.29) is 36.2 Å². The Labute approximate surface area is 217 Å². The van der Waals surface area contributed by atoms with Crippen LogP contribution < -0.4 is 20.7 Å². The summed E-state index contributed by atoms with van der Waals surface area (Å²) in [5.41, 5.74) is 2.77. The molecule has 0 spiro atoms. The molecule has 4 rings (SSSR count). The first-order valence-electron chi connectivity index (χ1n) is 13.0. The summed E-state index contributed by atoms with van der Waals surface area (Å²) in [6.45, 7) is 6.06. The SMILES string of the molecule is CCOc1cc(C(=O)NC2CCC(C)COC2)ccc1C(=O)NC[C@@H](O)[C@@H]1Cc2ccc(O)cc2CN1. The van der Waals surface area contributed by atoms with Crippen LogP contribution >= 0.6 is 0 Å². The molecule has 2 aliphatic rings. The van der Waals surface area contributed by atoms with Crippen LogP contribution in [0.1, 0.15) is 58.5 Å². The highest BCUT2D eigenvalue weighted by Crippen LogP contribution is 2.24. The highest BCUT2D eigenvalue weighted by Gasteiger charge is 2.26. The van der Waals surface area contributed by atoms with Crippen molar-refractivity contribution in [3.8, 4) is 11.5 Å². The number of benzene rings is 2. The third kappa shape index (κ3) is 7.00. The third-order valence-corrected chi connectivity index (χ3v) is 6.97. The molecule has 9 heteroatoms. The Kier molecular flexibility index (Phi) is 9.02. The van der Waals surface area contributed by atoms with Gasteiger partial charge >= 0.3 is 0 Å². The lowest BCUT2D eigenvalue weighted by molar-refractivity contribution is 0.0841. The van der Waals surface area contributed by atoms with Crippen molar-refractivity contribution in [2.45, 2.75) is 57.8 Å². The fraction of sp³-hybridized carbons (Fsp3) is 0.500. The molecule has 1 fully saturated rings. The minimum atomic E-state index is -0.809. The summed E-state index contributed by atoms with van der Waals surface area (Å²) in [5.74, 6) is 0.387. The van der Waals surface area contributed by atoms with Gasteiger partial charge in [0.1, 0.15) is 11.5 Å². The molecule has 9 nitrogen and oxygen atoms in total. The van der Waals surface area contributed by atoms with Crippen molar-refractivity contribution in [1.82, 2.24) is 16.0 Å². The normalized spacial score (nSPS) is 22.3. The molecular formula is C28H37N3O6. The number of phenols is 1. The number of hydrogen-bond acceptors (Lipinski definition) is 7. The number of carbonyl (C=O) groups excluding carboxylic acids is 2. The highest BCUT2D eigenvalue weighted by atomic mass is 16.5. The second-order valence-electron chi connectivity index (χ2n) is 9.96. The maximum absolute atomic E-state index is 13.0. The summed E-state index contributed by atoms with van der Waals surface area (Å²) in [6.07, 6.45) is 1.63. The summed E-state index contributed by atoms with van der Waals surface area (Å²) >= 11 is 0. The molecule has 2 amide bonds. The number of hydrogen-bond donors (Lipinski definition) is 5. The number of rotatable bonds is 8. The topological polar surface area (TPSA) is 129 Å². The van der Waals surface area contributed by atoms with Crippen LogP contribution in [-0.2, 0) is 17.7 Å². The molecule has 0 radical (unpaired) electrons. The number of aliphatic hydroxyl groups is 1. The molecule has 0 saturated carbocycles. The maximum atomic E-state index is 13.0. The molecule has 37 heavy (non-hydrogen) atoms. The average molecular weight is 512 g/mol. The van der Waals surface area contributed by atoms with Gasteiger partial charge in [0.25, 0.3) is 11.8 Å². The van der Waals surface area contributed by atoms with Crippen LogP contribution in [0, 0.1) is 5.92 Å². The fourth-order valence-electron chi connectivity index (χ4n) is 4.81. The smallest absolute Gasteiger partial charge is 0.255 e. The molecule has 2 unspecified atom stereocenters. The molecule has 5 N–H and O–H groups in total. The third-order valence-electron chi connectivity index (χ3n) is 6.97. The molecule has 0 aromatic heterocycles. The van der Waals surface area contributed by atoms with Crippen LogP contribution in [0.5, 0.6) is 11.5 Å². The van der Waals surface area contributed by atoms with Crippen molar-refractivity contribution in [1.29, 1.82) is 0 Å².